The Balaban J connectivity index is 1.36. The fourth-order valence-corrected chi connectivity index (χ4v) is 4.10. The summed E-state index contributed by atoms with van der Waals surface area (Å²) in [5.41, 5.74) is 4.16. The molecule has 0 aliphatic carbocycles. The molecular formula is C24H26N4O2. The van der Waals surface area contributed by atoms with Crippen LogP contribution in [0.25, 0.3) is 17.1 Å². The topological polar surface area (TPSA) is 67.2 Å². The second-order valence-electron chi connectivity index (χ2n) is 7.59. The second kappa shape index (κ2) is 8.53. The Hall–Kier alpha value is -3.41. The van der Waals surface area contributed by atoms with Gasteiger partial charge >= 0.3 is 0 Å². The van der Waals surface area contributed by atoms with Crippen molar-refractivity contribution in [3.63, 3.8) is 0 Å². The van der Waals surface area contributed by atoms with Crippen molar-refractivity contribution in [1.29, 1.82) is 0 Å². The van der Waals surface area contributed by atoms with E-state index in [-0.39, 0.29) is 24.3 Å². The van der Waals surface area contributed by atoms with Crippen molar-refractivity contribution in [2.45, 2.75) is 39.3 Å². The minimum Gasteiger partial charge on any atom is -0.356 e. The lowest BCUT2D eigenvalue weighted by Gasteiger charge is -2.32. The first-order chi connectivity index (χ1) is 14.5. The van der Waals surface area contributed by atoms with Crippen molar-refractivity contribution in [1.82, 2.24) is 19.8 Å². The molecule has 1 atom stereocenters. The zero-order chi connectivity index (χ0) is 21.1. The van der Waals surface area contributed by atoms with Gasteiger partial charge in [0.15, 0.2) is 0 Å². The quantitative estimate of drug-likeness (QED) is 0.638. The Kier molecular flexibility index (Phi) is 5.65. The third kappa shape index (κ3) is 3.99. The smallest absolute Gasteiger partial charge is 0.223 e. The van der Waals surface area contributed by atoms with Crippen LogP contribution in [-0.4, -0.2) is 32.8 Å². The minimum atomic E-state index is -0.275. The van der Waals surface area contributed by atoms with Crippen LogP contribution in [0.3, 0.4) is 0 Å². The molecule has 154 valence electrons. The van der Waals surface area contributed by atoms with Gasteiger partial charge in [0.25, 0.3) is 0 Å². The lowest BCUT2D eigenvalue weighted by molar-refractivity contribution is -0.129. The molecule has 2 heterocycles. The van der Waals surface area contributed by atoms with E-state index in [1.807, 2.05) is 55.5 Å². The number of aryl methyl sites for hydroxylation is 2. The van der Waals surface area contributed by atoms with Gasteiger partial charge in [0, 0.05) is 26.2 Å². The van der Waals surface area contributed by atoms with Crippen molar-refractivity contribution in [3.05, 3.63) is 71.7 Å². The fraction of sp³-hybridized carbons (Fsp3) is 0.292. The van der Waals surface area contributed by atoms with E-state index in [4.69, 9.17) is 0 Å². The number of fused-ring (bicyclic) bond motifs is 2. The average Bonchev–Trinajstić information content (AvgIpc) is 3.06. The first kappa shape index (κ1) is 19.9. The molecule has 0 saturated heterocycles. The summed E-state index contributed by atoms with van der Waals surface area (Å²) in [5, 5.41) is 3.02. The molecule has 1 aliphatic rings. The van der Waals surface area contributed by atoms with Crippen molar-refractivity contribution in [2.75, 3.05) is 6.54 Å². The highest BCUT2D eigenvalue weighted by Gasteiger charge is 2.27. The average molecular weight is 402 g/mol. The van der Waals surface area contributed by atoms with Crippen LogP contribution in [-0.2, 0) is 16.1 Å². The summed E-state index contributed by atoms with van der Waals surface area (Å²) in [6.45, 7) is 4.90. The van der Waals surface area contributed by atoms with Crippen LogP contribution >= 0.6 is 0 Å². The largest absolute Gasteiger partial charge is 0.356 e. The van der Waals surface area contributed by atoms with Crippen molar-refractivity contribution in [3.8, 4) is 0 Å². The molecule has 1 unspecified atom stereocenters. The van der Waals surface area contributed by atoms with E-state index >= 15 is 0 Å². The van der Waals surface area contributed by atoms with Gasteiger partial charge in [-0.3, -0.25) is 9.59 Å². The maximum atomic E-state index is 12.6. The molecule has 1 N–H and O–H groups in total. The lowest BCUT2D eigenvalue weighted by atomic mass is 9.93. The van der Waals surface area contributed by atoms with Crippen molar-refractivity contribution >= 4 is 28.9 Å². The van der Waals surface area contributed by atoms with E-state index in [0.717, 1.165) is 41.0 Å². The summed E-state index contributed by atoms with van der Waals surface area (Å²) >= 11 is 0. The van der Waals surface area contributed by atoms with E-state index in [2.05, 4.69) is 20.9 Å². The predicted octanol–water partition coefficient (Wildman–Crippen LogP) is 3.82. The highest BCUT2D eigenvalue weighted by Crippen LogP contribution is 2.32. The molecule has 0 fully saturated rings. The number of imidazole rings is 1. The summed E-state index contributed by atoms with van der Waals surface area (Å²) in [6.07, 6.45) is 4.75. The molecule has 3 aromatic rings. The Labute approximate surface area is 176 Å². The zero-order valence-corrected chi connectivity index (χ0v) is 17.3. The summed E-state index contributed by atoms with van der Waals surface area (Å²) in [5.74, 6) is 0.856. The molecule has 0 spiro atoms. The number of nitrogens with zero attached hydrogens (tertiary/aromatic N) is 3. The Morgan fingerprint density at radius 1 is 1.10 bits per heavy atom. The summed E-state index contributed by atoms with van der Waals surface area (Å²) in [4.78, 5) is 30.9. The Morgan fingerprint density at radius 2 is 1.87 bits per heavy atom. The minimum absolute atomic E-state index is 0.0523. The number of benzene rings is 2. The Morgan fingerprint density at radius 3 is 2.70 bits per heavy atom. The van der Waals surface area contributed by atoms with Gasteiger partial charge in [-0.25, -0.2) is 4.98 Å². The summed E-state index contributed by atoms with van der Waals surface area (Å²) < 4.78 is 2.18. The number of rotatable bonds is 6. The fourth-order valence-electron chi connectivity index (χ4n) is 4.10. The monoisotopic (exact) mass is 402 g/mol. The molecule has 6 heteroatoms. The van der Waals surface area contributed by atoms with E-state index < -0.39 is 0 Å². The molecule has 1 aliphatic heterocycles. The maximum Gasteiger partial charge on any atom is 0.223 e. The standard InChI is InChI=1S/C24H26N4O2/c1-17-26-21-10-5-6-11-22(21)27(17)14-7-13-25-24(30)16-23-20-9-4-3-8-19(20)12-15-28(23)18(2)29/h3-6,8-12,15,23H,7,13-14,16H2,1-2H3,(H,25,30). The molecular weight excluding hydrogens is 376 g/mol. The summed E-state index contributed by atoms with van der Waals surface area (Å²) in [6, 6.07) is 15.7. The highest BCUT2D eigenvalue weighted by atomic mass is 16.2. The van der Waals surface area contributed by atoms with E-state index in [0.29, 0.717) is 6.54 Å². The van der Waals surface area contributed by atoms with Gasteiger partial charge in [0.2, 0.25) is 11.8 Å². The number of aromatic nitrogens is 2. The summed E-state index contributed by atoms with van der Waals surface area (Å²) in [7, 11) is 0. The van der Waals surface area contributed by atoms with Crippen LogP contribution in [0, 0.1) is 6.92 Å². The van der Waals surface area contributed by atoms with E-state index in [9.17, 15) is 9.59 Å². The number of hydrogen-bond acceptors (Lipinski definition) is 3. The first-order valence-corrected chi connectivity index (χ1v) is 10.3. The second-order valence-corrected chi connectivity index (χ2v) is 7.59. The van der Waals surface area contributed by atoms with Crippen LogP contribution < -0.4 is 5.32 Å². The van der Waals surface area contributed by atoms with Crippen LogP contribution in [0.1, 0.15) is 42.8 Å². The molecule has 2 amide bonds. The van der Waals surface area contributed by atoms with Crippen LogP contribution in [0.4, 0.5) is 0 Å². The number of para-hydroxylation sites is 2. The Bertz CT molecular complexity index is 1120. The number of carbonyl (C=O) groups excluding carboxylic acids is 2. The van der Waals surface area contributed by atoms with Gasteiger partial charge in [0.1, 0.15) is 5.82 Å². The van der Waals surface area contributed by atoms with Crippen LogP contribution in [0.5, 0.6) is 0 Å². The van der Waals surface area contributed by atoms with Gasteiger partial charge in [-0.05, 0) is 42.7 Å². The van der Waals surface area contributed by atoms with Gasteiger partial charge in [-0.15, -0.1) is 0 Å². The molecule has 0 radical (unpaired) electrons. The normalized spacial score (nSPS) is 15.3. The molecule has 30 heavy (non-hydrogen) atoms. The predicted molar refractivity (Wildman–Crippen MR) is 117 cm³/mol. The number of carbonyl (C=O) groups is 2. The SMILES string of the molecule is CC(=O)N1C=Cc2ccccc2C1CC(=O)NCCCn1c(C)nc2ccccc21. The molecule has 2 aromatic carbocycles. The maximum absolute atomic E-state index is 12.6. The van der Waals surface area contributed by atoms with Crippen molar-refractivity contribution < 1.29 is 9.59 Å². The third-order valence-electron chi connectivity index (χ3n) is 5.57. The van der Waals surface area contributed by atoms with Gasteiger partial charge in [-0.2, -0.15) is 0 Å². The van der Waals surface area contributed by atoms with Gasteiger partial charge in [-0.1, -0.05) is 36.4 Å². The molecule has 1 aromatic heterocycles. The molecule has 6 nitrogen and oxygen atoms in total. The highest BCUT2D eigenvalue weighted by molar-refractivity contribution is 5.81. The van der Waals surface area contributed by atoms with E-state index in [1.54, 1.807) is 11.1 Å². The van der Waals surface area contributed by atoms with Gasteiger partial charge < -0.3 is 14.8 Å². The third-order valence-corrected chi connectivity index (χ3v) is 5.57. The van der Waals surface area contributed by atoms with E-state index in [1.165, 1.54) is 6.92 Å². The number of hydrogen-bond donors (Lipinski definition) is 1. The number of amides is 2. The van der Waals surface area contributed by atoms with Crippen molar-refractivity contribution in [2.24, 2.45) is 0 Å². The zero-order valence-electron chi connectivity index (χ0n) is 17.3. The van der Waals surface area contributed by atoms with Crippen LogP contribution in [0.2, 0.25) is 0 Å². The molecule has 0 bridgehead atoms. The van der Waals surface area contributed by atoms with Gasteiger partial charge in [0.05, 0.1) is 23.5 Å². The van der Waals surface area contributed by atoms with Crippen LogP contribution in [0.15, 0.2) is 54.7 Å². The molecule has 4 rings (SSSR count). The number of nitrogens with one attached hydrogen (secondary N) is 1. The lowest BCUT2D eigenvalue weighted by Crippen LogP contribution is -2.35. The molecule has 0 saturated carbocycles. The first-order valence-electron chi connectivity index (χ1n) is 10.3.